The van der Waals surface area contributed by atoms with Crippen molar-refractivity contribution >= 4 is 17.8 Å². The molecule has 3 N–H and O–H groups in total. The fraction of sp³-hybridized carbons (Fsp3) is 0.381. The summed E-state index contributed by atoms with van der Waals surface area (Å²) < 4.78 is 5.45. The standard InChI is InChI=1S/C21H24N4O4/c1-24(2)16(17-8-5-11-29-17)12-22-18(26)13-25-19(27)21(23-20(25)28)10-9-14-6-3-4-7-15(14)21/h3-8,11,16H,9-10,12-13H2,1-2H3,(H,22,26)(H,23,28)/p+1/t16-,21-/m1/s1. The molecule has 152 valence electrons. The van der Waals surface area contributed by atoms with E-state index in [0.717, 1.165) is 33.1 Å². The van der Waals surface area contributed by atoms with E-state index in [2.05, 4.69) is 10.6 Å². The molecule has 2 heterocycles. The fourth-order valence-corrected chi connectivity index (χ4v) is 4.23. The summed E-state index contributed by atoms with van der Waals surface area (Å²) in [5, 5.41) is 5.66. The molecule has 0 bridgehead atoms. The zero-order valence-electron chi connectivity index (χ0n) is 16.5. The highest BCUT2D eigenvalue weighted by Gasteiger charge is 2.55. The molecule has 1 aliphatic heterocycles. The van der Waals surface area contributed by atoms with Gasteiger partial charge in [-0.1, -0.05) is 24.3 Å². The van der Waals surface area contributed by atoms with Gasteiger partial charge in [0.15, 0.2) is 11.8 Å². The fourth-order valence-electron chi connectivity index (χ4n) is 4.23. The van der Waals surface area contributed by atoms with Crippen LogP contribution in [0.1, 0.15) is 29.3 Å². The summed E-state index contributed by atoms with van der Waals surface area (Å²) in [5.41, 5.74) is 0.844. The van der Waals surface area contributed by atoms with Gasteiger partial charge in [0.2, 0.25) is 5.91 Å². The molecule has 8 heteroatoms. The molecule has 4 amide bonds. The molecule has 1 aliphatic carbocycles. The van der Waals surface area contributed by atoms with Crippen molar-refractivity contribution in [2.45, 2.75) is 24.4 Å². The van der Waals surface area contributed by atoms with E-state index in [4.69, 9.17) is 4.42 Å². The van der Waals surface area contributed by atoms with Crippen LogP contribution in [0, 0.1) is 0 Å². The minimum Gasteiger partial charge on any atom is -0.463 e. The van der Waals surface area contributed by atoms with Gasteiger partial charge in [0.25, 0.3) is 5.91 Å². The summed E-state index contributed by atoms with van der Waals surface area (Å²) in [6.45, 7) is 0.0362. The Labute approximate surface area is 168 Å². The van der Waals surface area contributed by atoms with Crippen molar-refractivity contribution in [2.24, 2.45) is 0 Å². The first-order valence-electron chi connectivity index (χ1n) is 9.75. The van der Waals surface area contributed by atoms with Gasteiger partial charge in [-0.3, -0.25) is 14.5 Å². The highest BCUT2D eigenvalue weighted by Crippen LogP contribution is 2.41. The second-order valence-electron chi connectivity index (χ2n) is 7.83. The second kappa shape index (κ2) is 7.36. The Morgan fingerprint density at radius 1 is 1.28 bits per heavy atom. The normalized spacial score (nSPS) is 21.6. The lowest BCUT2D eigenvalue weighted by atomic mass is 9.92. The average molecular weight is 397 g/mol. The lowest BCUT2D eigenvalue weighted by molar-refractivity contribution is -0.891. The Hall–Kier alpha value is -3.13. The third-order valence-electron chi connectivity index (χ3n) is 5.81. The van der Waals surface area contributed by atoms with Crippen LogP contribution in [0.5, 0.6) is 0 Å². The number of likely N-dealkylation sites (N-methyl/N-ethyl adjacent to an activating group) is 1. The van der Waals surface area contributed by atoms with Gasteiger partial charge in [-0.15, -0.1) is 0 Å². The van der Waals surface area contributed by atoms with Gasteiger partial charge in [0.1, 0.15) is 12.1 Å². The Kier molecular flexibility index (Phi) is 4.87. The van der Waals surface area contributed by atoms with Crippen molar-refractivity contribution in [3.8, 4) is 0 Å². The number of amides is 4. The molecule has 4 rings (SSSR count). The van der Waals surface area contributed by atoms with E-state index >= 15 is 0 Å². The number of carbonyl (C=O) groups is 3. The molecular weight excluding hydrogens is 372 g/mol. The lowest BCUT2D eigenvalue weighted by Gasteiger charge is -2.22. The van der Waals surface area contributed by atoms with Crippen molar-refractivity contribution in [3.05, 3.63) is 59.5 Å². The second-order valence-corrected chi connectivity index (χ2v) is 7.83. The first-order chi connectivity index (χ1) is 13.9. The van der Waals surface area contributed by atoms with E-state index in [9.17, 15) is 14.4 Å². The largest absolute Gasteiger partial charge is 0.463 e. The average Bonchev–Trinajstić information content (AvgIpc) is 3.39. The highest BCUT2D eigenvalue weighted by molar-refractivity contribution is 6.09. The van der Waals surface area contributed by atoms with Gasteiger partial charge < -0.3 is 20.0 Å². The van der Waals surface area contributed by atoms with Gasteiger partial charge in [-0.25, -0.2) is 4.79 Å². The van der Waals surface area contributed by atoms with E-state index in [0.29, 0.717) is 13.0 Å². The third kappa shape index (κ3) is 3.29. The van der Waals surface area contributed by atoms with Crippen molar-refractivity contribution in [1.82, 2.24) is 15.5 Å². The molecule has 1 saturated heterocycles. The zero-order chi connectivity index (χ0) is 20.6. The zero-order valence-corrected chi connectivity index (χ0v) is 16.5. The van der Waals surface area contributed by atoms with E-state index in [1.165, 1.54) is 0 Å². The van der Waals surface area contributed by atoms with Gasteiger partial charge >= 0.3 is 6.03 Å². The maximum atomic E-state index is 13.1. The molecule has 1 spiro atoms. The van der Waals surface area contributed by atoms with Crippen LogP contribution in [0.25, 0.3) is 0 Å². The Bertz CT molecular complexity index is 940. The molecule has 0 radical (unpaired) electrons. The number of hydrogen-bond donors (Lipinski definition) is 3. The van der Waals surface area contributed by atoms with Crippen LogP contribution in [0.4, 0.5) is 4.79 Å². The number of aryl methyl sites for hydroxylation is 1. The van der Waals surface area contributed by atoms with Crippen LogP contribution in [0.2, 0.25) is 0 Å². The molecule has 2 atom stereocenters. The number of nitrogens with one attached hydrogen (secondary N) is 3. The smallest absolute Gasteiger partial charge is 0.325 e. The van der Waals surface area contributed by atoms with Crippen molar-refractivity contribution in [3.63, 3.8) is 0 Å². The predicted molar refractivity (Wildman–Crippen MR) is 104 cm³/mol. The summed E-state index contributed by atoms with van der Waals surface area (Å²) in [4.78, 5) is 40.3. The van der Waals surface area contributed by atoms with Crippen LogP contribution < -0.4 is 15.5 Å². The van der Waals surface area contributed by atoms with Gasteiger partial charge in [-0.2, -0.15) is 0 Å². The molecule has 1 fully saturated rings. The van der Waals surface area contributed by atoms with Crippen LogP contribution >= 0.6 is 0 Å². The number of nitrogens with zero attached hydrogens (tertiary/aromatic N) is 1. The molecule has 0 saturated carbocycles. The first kappa shape index (κ1) is 19.2. The van der Waals surface area contributed by atoms with E-state index in [1.807, 2.05) is 44.4 Å². The number of imide groups is 1. The SMILES string of the molecule is C[NH+](C)[C@H](CNC(=O)CN1C(=O)N[C@@]2(CCc3ccccc32)C1=O)c1ccco1. The summed E-state index contributed by atoms with van der Waals surface area (Å²) in [5.74, 6) is 0.0277. The van der Waals surface area contributed by atoms with Gasteiger partial charge in [0.05, 0.1) is 26.9 Å². The predicted octanol–water partition coefficient (Wildman–Crippen LogP) is -0.0251. The number of furan rings is 1. The molecule has 1 aromatic heterocycles. The summed E-state index contributed by atoms with van der Waals surface area (Å²) >= 11 is 0. The van der Waals surface area contributed by atoms with Crippen LogP contribution in [0.3, 0.4) is 0 Å². The Morgan fingerprint density at radius 3 is 2.79 bits per heavy atom. The summed E-state index contributed by atoms with van der Waals surface area (Å²) in [6.07, 6.45) is 2.83. The van der Waals surface area contributed by atoms with Gasteiger partial charge in [-0.05, 0) is 36.1 Å². The molecule has 2 aliphatic rings. The van der Waals surface area contributed by atoms with Crippen molar-refractivity contribution in [1.29, 1.82) is 0 Å². The number of benzene rings is 1. The number of urea groups is 1. The minimum absolute atomic E-state index is 0.0647. The lowest BCUT2D eigenvalue weighted by Crippen LogP contribution is -3.07. The maximum absolute atomic E-state index is 13.1. The monoisotopic (exact) mass is 397 g/mol. The Morgan fingerprint density at radius 2 is 2.07 bits per heavy atom. The van der Waals surface area contributed by atoms with Crippen LogP contribution in [-0.4, -0.2) is 49.9 Å². The molecule has 2 aromatic rings. The number of fused-ring (bicyclic) bond motifs is 2. The quantitative estimate of drug-likeness (QED) is 0.597. The van der Waals surface area contributed by atoms with E-state index in [-0.39, 0.29) is 24.4 Å². The topological polar surface area (TPSA) is 96.1 Å². The molecule has 1 aromatic carbocycles. The van der Waals surface area contributed by atoms with Crippen molar-refractivity contribution in [2.75, 3.05) is 27.2 Å². The third-order valence-corrected chi connectivity index (χ3v) is 5.81. The first-order valence-corrected chi connectivity index (χ1v) is 9.75. The summed E-state index contributed by atoms with van der Waals surface area (Å²) in [7, 11) is 3.94. The number of quaternary nitrogens is 1. The molecule has 29 heavy (non-hydrogen) atoms. The summed E-state index contributed by atoms with van der Waals surface area (Å²) in [6, 6.07) is 10.7. The van der Waals surface area contributed by atoms with E-state index < -0.39 is 11.6 Å². The van der Waals surface area contributed by atoms with Crippen molar-refractivity contribution < 1.29 is 23.7 Å². The molecular formula is C21H25N4O4+. The number of rotatable bonds is 6. The van der Waals surface area contributed by atoms with Crippen LogP contribution in [0.15, 0.2) is 47.1 Å². The Balaban J connectivity index is 1.43. The van der Waals surface area contributed by atoms with Gasteiger partial charge in [0, 0.05) is 0 Å². The number of carbonyl (C=O) groups excluding carboxylic acids is 3. The molecule has 8 nitrogen and oxygen atoms in total. The van der Waals surface area contributed by atoms with Crippen LogP contribution in [-0.2, 0) is 21.5 Å². The molecule has 0 unspecified atom stereocenters. The maximum Gasteiger partial charge on any atom is 0.325 e. The van der Waals surface area contributed by atoms with E-state index in [1.54, 1.807) is 12.3 Å². The highest BCUT2D eigenvalue weighted by atomic mass is 16.3. The minimum atomic E-state index is -1.04. The number of hydrogen-bond acceptors (Lipinski definition) is 4.